The van der Waals surface area contributed by atoms with E-state index in [0.29, 0.717) is 29.8 Å². The number of nitrogens with zero attached hydrogens (tertiary/aromatic N) is 1. The number of hydrogen-bond acceptors (Lipinski definition) is 6. The number of nitrogens with two attached hydrogens (primary N) is 1. The van der Waals surface area contributed by atoms with Crippen LogP contribution in [0.4, 0.5) is 5.69 Å². The van der Waals surface area contributed by atoms with Crippen molar-refractivity contribution in [3.8, 4) is 5.75 Å². The topological polar surface area (TPSA) is 111 Å². The van der Waals surface area contributed by atoms with Crippen molar-refractivity contribution in [2.45, 2.75) is 45.6 Å². The van der Waals surface area contributed by atoms with Crippen LogP contribution in [0.1, 0.15) is 50.4 Å². The first kappa shape index (κ1) is 20.7. The summed E-state index contributed by atoms with van der Waals surface area (Å²) in [6.07, 6.45) is 1.28. The summed E-state index contributed by atoms with van der Waals surface area (Å²) < 4.78 is 11.0. The monoisotopic (exact) mass is 377 g/mol. The first-order valence-corrected chi connectivity index (χ1v) is 8.89. The quantitative estimate of drug-likeness (QED) is 0.350. The predicted octanol–water partition coefficient (Wildman–Crippen LogP) is 1.77. The smallest absolute Gasteiger partial charge is 0.306 e. The number of amides is 2. The lowest BCUT2D eigenvalue weighted by atomic mass is 10.0. The van der Waals surface area contributed by atoms with Gasteiger partial charge in [-0.2, -0.15) is 0 Å². The standard InChI is InChI=1S/C19H27N3O5/c1-19(2,3)27-16(23)7-5-6-13-11-26-15-9-8-12(17(24)21-20)10-14(15)22(4)18(13)25/h8-10,13H,5-7,11,20H2,1-4H3,(H,21,24). The van der Waals surface area contributed by atoms with E-state index < -0.39 is 11.5 Å². The molecule has 0 radical (unpaired) electrons. The third kappa shape index (κ3) is 5.43. The van der Waals surface area contributed by atoms with Gasteiger partial charge in [0.05, 0.1) is 18.2 Å². The van der Waals surface area contributed by atoms with Crippen molar-refractivity contribution >= 4 is 23.5 Å². The van der Waals surface area contributed by atoms with Crippen molar-refractivity contribution in [2.24, 2.45) is 11.8 Å². The van der Waals surface area contributed by atoms with E-state index in [1.54, 1.807) is 25.2 Å². The average molecular weight is 377 g/mol. The van der Waals surface area contributed by atoms with E-state index in [-0.39, 0.29) is 30.8 Å². The van der Waals surface area contributed by atoms with Crippen molar-refractivity contribution < 1.29 is 23.9 Å². The van der Waals surface area contributed by atoms with Crippen molar-refractivity contribution in [3.63, 3.8) is 0 Å². The minimum Gasteiger partial charge on any atom is -0.491 e. The maximum Gasteiger partial charge on any atom is 0.306 e. The van der Waals surface area contributed by atoms with Crippen LogP contribution in [0.2, 0.25) is 0 Å². The maximum absolute atomic E-state index is 12.8. The lowest BCUT2D eigenvalue weighted by molar-refractivity contribution is -0.155. The molecule has 0 spiro atoms. The average Bonchev–Trinajstić information content (AvgIpc) is 2.71. The van der Waals surface area contributed by atoms with Gasteiger partial charge in [-0.15, -0.1) is 0 Å². The summed E-state index contributed by atoms with van der Waals surface area (Å²) in [6, 6.07) is 4.80. The number of hydrazine groups is 1. The van der Waals surface area contributed by atoms with Crippen LogP contribution in [0.5, 0.6) is 5.75 Å². The van der Waals surface area contributed by atoms with Crippen molar-refractivity contribution in [3.05, 3.63) is 23.8 Å². The maximum atomic E-state index is 12.8. The van der Waals surface area contributed by atoms with Crippen molar-refractivity contribution in [1.29, 1.82) is 0 Å². The van der Waals surface area contributed by atoms with E-state index in [1.165, 1.54) is 4.90 Å². The van der Waals surface area contributed by atoms with Gasteiger partial charge in [0.1, 0.15) is 11.4 Å². The zero-order valence-electron chi connectivity index (χ0n) is 16.2. The third-order valence-electron chi connectivity index (χ3n) is 4.19. The van der Waals surface area contributed by atoms with Gasteiger partial charge < -0.3 is 14.4 Å². The fraction of sp³-hybridized carbons (Fsp3) is 0.526. The van der Waals surface area contributed by atoms with Gasteiger partial charge in [0.25, 0.3) is 5.91 Å². The molecule has 3 N–H and O–H groups in total. The first-order chi connectivity index (χ1) is 12.6. The largest absolute Gasteiger partial charge is 0.491 e. The Hall–Kier alpha value is -2.61. The van der Waals surface area contributed by atoms with Crippen LogP contribution >= 0.6 is 0 Å². The predicted molar refractivity (Wildman–Crippen MR) is 100 cm³/mol. The highest BCUT2D eigenvalue weighted by Gasteiger charge is 2.30. The molecule has 0 bridgehead atoms. The molecule has 0 fully saturated rings. The highest BCUT2D eigenvalue weighted by atomic mass is 16.6. The lowest BCUT2D eigenvalue weighted by Crippen LogP contribution is -2.34. The third-order valence-corrected chi connectivity index (χ3v) is 4.19. The Labute approximate surface area is 159 Å². The van der Waals surface area contributed by atoms with Gasteiger partial charge in [0.2, 0.25) is 5.91 Å². The van der Waals surface area contributed by atoms with Crippen molar-refractivity contribution in [2.75, 3.05) is 18.6 Å². The van der Waals surface area contributed by atoms with E-state index in [2.05, 4.69) is 5.43 Å². The van der Waals surface area contributed by atoms with Crippen molar-refractivity contribution in [1.82, 2.24) is 5.43 Å². The van der Waals surface area contributed by atoms with Crippen LogP contribution in [0.3, 0.4) is 0 Å². The number of esters is 1. The molecule has 0 aliphatic carbocycles. The van der Waals surface area contributed by atoms with Crippen LogP contribution in [-0.4, -0.2) is 37.0 Å². The molecule has 2 rings (SSSR count). The molecule has 1 aliphatic heterocycles. The van der Waals surface area contributed by atoms with Gasteiger partial charge in [-0.1, -0.05) is 0 Å². The van der Waals surface area contributed by atoms with E-state index in [1.807, 2.05) is 20.8 Å². The second kappa shape index (κ2) is 8.39. The summed E-state index contributed by atoms with van der Waals surface area (Å²) in [5.74, 6) is 4.46. The van der Waals surface area contributed by atoms with E-state index >= 15 is 0 Å². The van der Waals surface area contributed by atoms with Crippen LogP contribution in [0.25, 0.3) is 0 Å². The Kier molecular flexibility index (Phi) is 6.43. The van der Waals surface area contributed by atoms with Crippen LogP contribution < -0.4 is 20.9 Å². The molecule has 0 aromatic heterocycles. The number of carbonyl (C=O) groups excluding carboxylic acids is 3. The number of anilines is 1. The summed E-state index contributed by atoms with van der Waals surface area (Å²) >= 11 is 0. The molecule has 1 atom stereocenters. The molecule has 1 unspecified atom stereocenters. The normalized spacial score (nSPS) is 16.9. The van der Waals surface area contributed by atoms with E-state index in [9.17, 15) is 14.4 Å². The molecule has 27 heavy (non-hydrogen) atoms. The second-order valence-electron chi connectivity index (χ2n) is 7.54. The van der Waals surface area contributed by atoms with Crippen LogP contribution in [0, 0.1) is 5.92 Å². The van der Waals surface area contributed by atoms with E-state index in [4.69, 9.17) is 15.3 Å². The number of nitrogens with one attached hydrogen (secondary N) is 1. The van der Waals surface area contributed by atoms with Crippen LogP contribution in [0.15, 0.2) is 18.2 Å². The molecule has 0 saturated heterocycles. The van der Waals surface area contributed by atoms with Gasteiger partial charge in [-0.3, -0.25) is 19.8 Å². The SMILES string of the molecule is CN1C(=O)C(CCCC(=O)OC(C)(C)C)COc2ccc(C(=O)NN)cc21. The summed E-state index contributed by atoms with van der Waals surface area (Å²) in [7, 11) is 1.64. The molecule has 1 aromatic rings. The summed E-state index contributed by atoms with van der Waals surface area (Å²) in [5, 5.41) is 0. The number of fused-ring (bicyclic) bond motifs is 1. The summed E-state index contributed by atoms with van der Waals surface area (Å²) in [5.41, 5.74) is 2.39. The fourth-order valence-electron chi connectivity index (χ4n) is 2.87. The Morgan fingerprint density at radius 3 is 2.70 bits per heavy atom. The Bertz CT molecular complexity index is 727. The molecular weight excluding hydrogens is 350 g/mol. The fourth-order valence-corrected chi connectivity index (χ4v) is 2.87. The van der Waals surface area contributed by atoms with E-state index in [0.717, 1.165) is 0 Å². The number of benzene rings is 1. The molecule has 2 amide bonds. The number of rotatable bonds is 5. The zero-order valence-corrected chi connectivity index (χ0v) is 16.2. The highest BCUT2D eigenvalue weighted by Crippen LogP contribution is 2.33. The van der Waals surface area contributed by atoms with Gasteiger partial charge >= 0.3 is 5.97 Å². The summed E-state index contributed by atoms with van der Waals surface area (Å²) in [4.78, 5) is 37.8. The first-order valence-electron chi connectivity index (χ1n) is 8.89. The number of carbonyl (C=O) groups is 3. The Balaban J connectivity index is 2.02. The number of hydrogen-bond donors (Lipinski definition) is 2. The number of nitrogen functional groups attached to an aromatic ring is 1. The van der Waals surface area contributed by atoms with Crippen LogP contribution in [-0.2, 0) is 14.3 Å². The minimum atomic E-state index is -0.520. The molecular formula is C19H27N3O5. The molecule has 1 aliphatic rings. The van der Waals surface area contributed by atoms with Gasteiger partial charge in [-0.05, 0) is 51.8 Å². The molecule has 1 heterocycles. The molecule has 8 nitrogen and oxygen atoms in total. The second-order valence-corrected chi connectivity index (χ2v) is 7.54. The molecule has 0 saturated carbocycles. The zero-order chi connectivity index (χ0) is 20.2. The Morgan fingerprint density at radius 2 is 2.07 bits per heavy atom. The number of ether oxygens (including phenoxy) is 2. The minimum absolute atomic E-state index is 0.122. The Morgan fingerprint density at radius 1 is 1.37 bits per heavy atom. The lowest BCUT2D eigenvalue weighted by Gasteiger charge is -2.21. The summed E-state index contributed by atoms with van der Waals surface area (Å²) in [6.45, 7) is 5.67. The highest BCUT2D eigenvalue weighted by molar-refractivity contribution is 6.00. The van der Waals surface area contributed by atoms with Gasteiger partial charge in [-0.25, -0.2) is 5.84 Å². The molecule has 1 aromatic carbocycles. The van der Waals surface area contributed by atoms with Gasteiger partial charge in [0, 0.05) is 19.0 Å². The van der Waals surface area contributed by atoms with Gasteiger partial charge in [0.15, 0.2) is 0 Å². The molecule has 148 valence electrons. The molecule has 8 heteroatoms.